The van der Waals surface area contributed by atoms with Crippen molar-refractivity contribution in [2.45, 2.75) is 72.3 Å². The van der Waals surface area contributed by atoms with E-state index in [0.717, 1.165) is 60.8 Å². The number of aromatic nitrogens is 2. The molecule has 0 radical (unpaired) electrons. The molecule has 3 aromatic rings. The number of nitrogens with zero attached hydrogens (tertiary/aromatic N) is 2. The number of hydrogen-bond donors (Lipinski definition) is 2. The van der Waals surface area contributed by atoms with E-state index < -0.39 is 0 Å². The molecule has 1 aromatic heterocycles. The molecule has 1 aliphatic heterocycles. The number of aryl methyl sites for hydroxylation is 2. The highest BCUT2D eigenvalue weighted by Crippen LogP contribution is 2.47. The largest absolute Gasteiger partial charge is 0.507 e. The Morgan fingerprint density at radius 2 is 1.78 bits per heavy atom. The number of hydrogen-bond acceptors (Lipinski definition) is 5. The lowest BCUT2D eigenvalue weighted by atomic mass is 9.93. The van der Waals surface area contributed by atoms with Crippen LogP contribution in [0.5, 0.6) is 17.2 Å². The Bertz CT molecular complexity index is 1230. The zero-order valence-electron chi connectivity index (χ0n) is 22.7. The molecule has 2 heterocycles. The number of unbranched alkanes of at least 4 members (excludes halogenated alkanes) is 4. The number of carbonyl (C=O) groups excluding carboxylic acids is 1. The summed E-state index contributed by atoms with van der Waals surface area (Å²) in [7, 11) is 1.64. The van der Waals surface area contributed by atoms with Gasteiger partial charge in [0, 0.05) is 17.7 Å². The Morgan fingerprint density at radius 1 is 1.03 bits per heavy atom. The van der Waals surface area contributed by atoms with E-state index in [-0.39, 0.29) is 17.7 Å². The lowest BCUT2D eigenvalue weighted by Crippen LogP contribution is -2.30. The second-order valence-corrected chi connectivity index (χ2v) is 9.91. The summed E-state index contributed by atoms with van der Waals surface area (Å²) < 4.78 is 11.7. The predicted octanol–water partition coefficient (Wildman–Crippen LogP) is 6.71. The number of aromatic amines is 1. The van der Waals surface area contributed by atoms with Crippen molar-refractivity contribution in [3.05, 3.63) is 58.3 Å². The zero-order valence-corrected chi connectivity index (χ0v) is 22.7. The summed E-state index contributed by atoms with van der Waals surface area (Å²) >= 11 is 0. The third kappa shape index (κ3) is 5.31. The minimum atomic E-state index is -0.351. The van der Waals surface area contributed by atoms with Crippen LogP contribution in [0.15, 0.2) is 30.3 Å². The predicted molar refractivity (Wildman–Crippen MR) is 146 cm³/mol. The van der Waals surface area contributed by atoms with Gasteiger partial charge in [0.25, 0.3) is 5.91 Å². The Balaban J connectivity index is 1.79. The van der Waals surface area contributed by atoms with Crippen molar-refractivity contribution in [1.29, 1.82) is 0 Å². The number of phenolic OH excluding ortho intramolecular Hbond substituents is 1. The van der Waals surface area contributed by atoms with Crippen molar-refractivity contribution in [3.63, 3.8) is 0 Å². The molecule has 0 saturated heterocycles. The fourth-order valence-electron chi connectivity index (χ4n) is 5.26. The number of benzene rings is 2. The van der Waals surface area contributed by atoms with E-state index in [9.17, 15) is 9.90 Å². The molecule has 2 N–H and O–H groups in total. The molecule has 7 heteroatoms. The maximum absolute atomic E-state index is 13.6. The lowest BCUT2D eigenvalue weighted by molar-refractivity contribution is 0.0740. The molecule has 0 fully saturated rings. The Morgan fingerprint density at radius 3 is 2.49 bits per heavy atom. The number of amides is 1. The minimum absolute atomic E-state index is 0.0713. The molecule has 0 spiro atoms. The topological polar surface area (TPSA) is 87.7 Å². The number of rotatable bonds is 12. The molecule has 7 nitrogen and oxygen atoms in total. The molecule has 1 aliphatic rings. The van der Waals surface area contributed by atoms with Crippen LogP contribution in [0.3, 0.4) is 0 Å². The number of phenols is 1. The van der Waals surface area contributed by atoms with E-state index in [0.29, 0.717) is 41.6 Å². The van der Waals surface area contributed by atoms with Gasteiger partial charge >= 0.3 is 0 Å². The van der Waals surface area contributed by atoms with Crippen molar-refractivity contribution in [3.8, 4) is 28.5 Å². The second kappa shape index (κ2) is 11.7. The highest BCUT2D eigenvalue weighted by Gasteiger charge is 2.42. The quantitative estimate of drug-likeness (QED) is 0.267. The van der Waals surface area contributed by atoms with E-state index in [4.69, 9.17) is 9.47 Å². The number of methoxy groups -OCH3 is 1. The van der Waals surface area contributed by atoms with E-state index in [1.807, 2.05) is 43.0 Å². The molecule has 0 aliphatic carbocycles. The van der Waals surface area contributed by atoms with Crippen molar-refractivity contribution in [1.82, 2.24) is 15.1 Å². The molecular formula is C30H39N3O4. The third-order valence-corrected chi connectivity index (χ3v) is 7.07. The first kappa shape index (κ1) is 26.6. The van der Waals surface area contributed by atoms with Gasteiger partial charge in [0.1, 0.15) is 17.1 Å². The van der Waals surface area contributed by atoms with Crippen LogP contribution in [0.25, 0.3) is 11.3 Å². The van der Waals surface area contributed by atoms with Gasteiger partial charge in [0.2, 0.25) is 0 Å². The molecule has 1 atom stereocenters. The molecule has 1 amide bonds. The summed E-state index contributed by atoms with van der Waals surface area (Å²) in [6.07, 6.45) is 6.27. The summed E-state index contributed by atoms with van der Waals surface area (Å²) in [5, 5.41) is 18.4. The summed E-state index contributed by atoms with van der Waals surface area (Å²) in [5.41, 5.74) is 5.35. The first-order valence-electron chi connectivity index (χ1n) is 13.4. The van der Waals surface area contributed by atoms with Crippen molar-refractivity contribution in [2.75, 3.05) is 20.3 Å². The van der Waals surface area contributed by atoms with E-state index in [2.05, 4.69) is 24.0 Å². The summed E-state index contributed by atoms with van der Waals surface area (Å²) in [4.78, 5) is 15.5. The van der Waals surface area contributed by atoms with Crippen molar-refractivity contribution < 1.29 is 19.4 Å². The van der Waals surface area contributed by atoms with Gasteiger partial charge in [-0.25, -0.2) is 0 Å². The van der Waals surface area contributed by atoms with Gasteiger partial charge in [-0.2, -0.15) is 5.10 Å². The number of aromatic hydroxyl groups is 1. The van der Waals surface area contributed by atoms with Crippen molar-refractivity contribution >= 4 is 5.91 Å². The van der Waals surface area contributed by atoms with Crippen LogP contribution < -0.4 is 9.47 Å². The standard InChI is InChI=1S/C30H39N3O4/c1-6-8-10-14-33-29(21-12-13-23(24(18-21)36-5)37-15-11-9-7-2)26-27(31-32-28(26)30(33)35)25-20(4)16-19(3)17-22(25)34/h12-13,16-18,29,34H,6-11,14-15H2,1-5H3,(H,31,32). The summed E-state index contributed by atoms with van der Waals surface area (Å²) in [6, 6.07) is 9.32. The van der Waals surface area contributed by atoms with E-state index in [1.165, 1.54) is 0 Å². The maximum atomic E-state index is 13.6. The molecule has 1 unspecified atom stereocenters. The first-order chi connectivity index (χ1) is 17.9. The lowest BCUT2D eigenvalue weighted by Gasteiger charge is -2.27. The SMILES string of the molecule is CCCCCOc1ccc(C2c3c(-c4c(C)cc(C)cc4O)n[nH]c3C(=O)N2CCCCC)cc1OC. The number of ether oxygens (including phenoxy) is 2. The van der Waals surface area contributed by atoms with Gasteiger partial charge in [-0.1, -0.05) is 51.7 Å². The summed E-state index contributed by atoms with van der Waals surface area (Å²) in [5.74, 6) is 1.43. The second-order valence-electron chi connectivity index (χ2n) is 9.91. The highest BCUT2D eigenvalue weighted by atomic mass is 16.5. The van der Waals surface area contributed by atoms with Gasteiger partial charge in [0.15, 0.2) is 11.5 Å². The third-order valence-electron chi connectivity index (χ3n) is 7.07. The molecule has 37 heavy (non-hydrogen) atoms. The molecule has 4 rings (SSSR count). The molecular weight excluding hydrogens is 466 g/mol. The molecule has 2 aromatic carbocycles. The van der Waals surface area contributed by atoms with Gasteiger partial charge < -0.3 is 19.5 Å². The van der Waals surface area contributed by atoms with Crippen LogP contribution in [-0.2, 0) is 0 Å². The Hall–Kier alpha value is -3.48. The highest BCUT2D eigenvalue weighted by molar-refractivity contribution is 6.00. The minimum Gasteiger partial charge on any atom is -0.507 e. The van der Waals surface area contributed by atoms with Crippen LogP contribution in [-0.4, -0.2) is 46.4 Å². The van der Waals surface area contributed by atoms with Crippen LogP contribution in [0, 0.1) is 13.8 Å². The van der Waals surface area contributed by atoms with E-state index in [1.54, 1.807) is 13.2 Å². The number of nitrogens with one attached hydrogen (secondary N) is 1. The Kier molecular flexibility index (Phi) is 8.41. The number of fused-ring (bicyclic) bond motifs is 1. The van der Waals surface area contributed by atoms with Gasteiger partial charge in [-0.05, 0) is 61.6 Å². The maximum Gasteiger partial charge on any atom is 0.273 e. The fourth-order valence-corrected chi connectivity index (χ4v) is 5.26. The van der Waals surface area contributed by atoms with Gasteiger partial charge in [-0.15, -0.1) is 0 Å². The molecule has 198 valence electrons. The fraction of sp³-hybridized carbons (Fsp3) is 0.467. The van der Waals surface area contributed by atoms with Crippen LogP contribution in [0.4, 0.5) is 0 Å². The van der Waals surface area contributed by atoms with Crippen LogP contribution in [0.2, 0.25) is 0 Å². The summed E-state index contributed by atoms with van der Waals surface area (Å²) in [6.45, 7) is 9.50. The first-order valence-corrected chi connectivity index (χ1v) is 13.4. The van der Waals surface area contributed by atoms with Gasteiger partial charge in [-0.3, -0.25) is 9.89 Å². The average Bonchev–Trinajstić information content (AvgIpc) is 3.40. The normalized spacial score (nSPS) is 14.8. The van der Waals surface area contributed by atoms with Crippen LogP contribution in [0.1, 0.15) is 91.2 Å². The van der Waals surface area contributed by atoms with Gasteiger partial charge in [0.05, 0.1) is 19.8 Å². The number of H-pyrrole nitrogens is 1. The zero-order chi connectivity index (χ0) is 26.5. The average molecular weight is 506 g/mol. The Labute approximate surface area is 219 Å². The smallest absolute Gasteiger partial charge is 0.273 e. The van der Waals surface area contributed by atoms with Crippen LogP contribution >= 0.6 is 0 Å². The molecule has 0 saturated carbocycles. The monoisotopic (exact) mass is 505 g/mol. The molecule has 0 bridgehead atoms. The van der Waals surface area contributed by atoms with Crippen molar-refractivity contribution in [2.24, 2.45) is 0 Å². The van der Waals surface area contributed by atoms with E-state index >= 15 is 0 Å². The number of carbonyl (C=O) groups is 1.